The molecule has 0 aromatic heterocycles. The van der Waals surface area contributed by atoms with E-state index in [1.807, 2.05) is 0 Å². The molecule has 0 heterocycles. The summed E-state index contributed by atoms with van der Waals surface area (Å²) >= 11 is 3.16. The third kappa shape index (κ3) is 5.50. The molecule has 0 fully saturated rings. The Hall–Kier alpha value is -0.590. The first-order valence-corrected chi connectivity index (χ1v) is 8.98. The van der Waals surface area contributed by atoms with Crippen LogP contribution in [0.3, 0.4) is 0 Å². The number of hydrogen-bond acceptors (Lipinski definition) is 3. The van der Waals surface area contributed by atoms with Gasteiger partial charge in [0, 0.05) is 27.3 Å². The minimum absolute atomic E-state index is 0.0951. The fraction of sp³-hybridized carbons (Fsp3) is 0.417. The van der Waals surface area contributed by atoms with Crippen molar-refractivity contribution in [2.75, 3.05) is 6.54 Å². The molecule has 0 saturated carbocycles. The molecule has 1 N–H and O–H groups in total. The maximum absolute atomic E-state index is 11.9. The number of unbranched alkanes of at least 4 members (excludes halogenated alkanes) is 2. The number of carbonyl (C=O) groups excluding carboxylic acids is 1. The Balaban J connectivity index is 2.83. The highest BCUT2D eigenvalue weighted by Crippen LogP contribution is 2.22. The van der Waals surface area contributed by atoms with Crippen molar-refractivity contribution >= 4 is 41.6 Å². The molecule has 0 radical (unpaired) electrons. The van der Waals surface area contributed by atoms with Crippen LogP contribution in [-0.2, 0) is 9.05 Å². The van der Waals surface area contributed by atoms with Crippen molar-refractivity contribution in [2.24, 2.45) is 0 Å². The Morgan fingerprint density at radius 1 is 1.32 bits per heavy atom. The molecule has 0 atom stereocenters. The molecular formula is C12H15BrClNO3S. The summed E-state index contributed by atoms with van der Waals surface area (Å²) in [6.07, 6.45) is 3.01. The molecule has 0 spiro atoms. The Kier molecular flexibility index (Phi) is 6.29. The van der Waals surface area contributed by atoms with Crippen LogP contribution < -0.4 is 5.32 Å². The maximum Gasteiger partial charge on any atom is 0.261 e. The summed E-state index contributed by atoms with van der Waals surface area (Å²) < 4.78 is 23.0. The van der Waals surface area contributed by atoms with E-state index < -0.39 is 9.05 Å². The minimum Gasteiger partial charge on any atom is -0.352 e. The Labute approximate surface area is 126 Å². The molecule has 0 aliphatic heterocycles. The summed E-state index contributed by atoms with van der Waals surface area (Å²) in [5.74, 6) is -0.307. The third-order valence-corrected chi connectivity index (χ3v) is 4.27. The number of carbonyl (C=O) groups is 1. The van der Waals surface area contributed by atoms with Gasteiger partial charge in [-0.05, 0) is 24.6 Å². The molecule has 0 aliphatic carbocycles. The molecular weight excluding hydrogens is 354 g/mol. The van der Waals surface area contributed by atoms with Gasteiger partial charge in [0.25, 0.3) is 15.0 Å². The number of amides is 1. The number of rotatable bonds is 6. The first kappa shape index (κ1) is 16.5. The molecule has 19 heavy (non-hydrogen) atoms. The zero-order chi connectivity index (χ0) is 14.5. The van der Waals surface area contributed by atoms with E-state index in [4.69, 9.17) is 10.7 Å². The number of halogens is 2. The highest BCUT2D eigenvalue weighted by molar-refractivity contribution is 9.10. The van der Waals surface area contributed by atoms with Gasteiger partial charge < -0.3 is 5.32 Å². The van der Waals surface area contributed by atoms with Crippen molar-refractivity contribution < 1.29 is 13.2 Å². The molecule has 106 valence electrons. The van der Waals surface area contributed by atoms with E-state index in [1.54, 1.807) is 6.07 Å². The number of benzene rings is 1. The average molecular weight is 369 g/mol. The van der Waals surface area contributed by atoms with Crippen LogP contribution >= 0.6 is 26.6 Å². The summed E-state index contributed by atoms with van der Waals surface area (Å²) in [6.45, 7) is 2.65. The Bertz CT molecular complexity index is 560. The summed E-state index contributed by atoms with van der Waals surface area (Å²) in [5.41, 5.74) is 0.269. The predicted octanol–water partition coefficient (Wildman–Crippen LogP) is 3.30. The zero-order valence-corrected chi connectivity index (χ0v) is 13.6. The van der Waals surface area contributed by atoms with Crippen LogP contribution in [0.1, 0.15) is 36.5 Å². The van der Waals surface area contributed by atoms with Crippen LogP contribution in [0.2, 0.25) is 0 Å². The lowest BCUT2D eigenvalue weighted by Crippen LogP contribution is -2.24. The smallest absolute Gasteiger partial charge is 0.261 e. The largest absolute Gasteiger partial charge is 0.352 e. The molecule has 0 saturated heterocycles. The normalized spacial score (nSPS) is 11.3. The van der Waals surface area contributed by atoms with E-state index in [9.17, 15) is 13.2 Å². The number of hydrogen-bond donors (Lipinski definition) is 1. The molecule has 7 heteroatoms. The van der Waals surface area contributed by atoms with Gasteiger partial charge in [-0.3, -0.25) is 4.79 Å². The van der Waals surface area contributed by atoms with Crippen LogP contribution in [-0.4, -0.2) is 20.9 Å². The fourth-order valence-electron chi connectivity index (χ4n) is 1.51. The highest BCUT2D eigenvalue weighted by atomic mass is 79.9. The van der Waals surface area contributed by atoms with E-state index in [0.29, 0.717) is 11.0 Å². The zero-order valence-electron chi connectivity index (χ0n) is 10.4. The highest BCUT2D eigenvalue weighted by Gasteiger charge is 2.15. The monoisotopic (exact) mass is 367 g/mol. The van der Waals surface area contributed by atoms with Gasteiger partial charge in [-0.1, -0.05) is 35.7 Å². The van der Waals surface area contributed by atoms with Gasteiger partial charge in [-0.2, -0.15) is 0 Å². The second-order valence-corrected chi connectivity index (χ2v) is 7.56. The van der Waals surface area contributed by atoms with Gasteiger partial charge >= 0.3 is 0 Å². The van der Waals surface area contributed by atoms with E-state index in [1.165, 1.54) is 12.1 Å². The molecule has 1 rings (SSSR count). The fourth-order valence-corrected chi connectivity index (χ4v) is 2.96. The molecule has 0 bridgehead atoms. The molecule has 0 unspecified atom stereocenters. The van der Waals surface area contributed by atoms with Gasteiger partial charge in [0.2, 0.25) is 0 Å². The summed E-state index contributed by atoms with van der Waals surface area (Å²) in [6, 6.07) is 4.18. The van der Waals surface area contributed by atoms with Crippen molar-refractivity contribution in [1.82, 2.24) is 5.32 Å². The first-order chi connectivity index (χ1) is 8.84. The van der Waals surface area contributed by atoms with Crippen molar-refractivity contribution in [2.45, 2.75) is 31.1 Å². The topological polar surface area (TPSA) is 63.2 Å². The van der Waals surface area contributed by atoms with Gasteiger partial charge in [0.05, 0.1) is 4.90 Å². The van der Waals surface area contributed by atoms with Gasteiger partial charge in [0.15, 0.2) is 0 Å². The summed E-state index contributed by atoms with van der Waals surface area (Å²) in [5, 5.41) is 2.74. The van der Waals surface area contributed by atoms with Gasteiger partial charge in [-0.25, -0.2) is 8.42 Å². The lowest BCUT2D eigenvalue weighted by molar-refractivity contribution is 0.0952. The number of nitrogens with one attached hydrogen (secondary N) is 1. The minimum atomic E-state index is -3.85. The second-order valence-electron chi connectivity index (χ2n) is 4.08. The standard InChI is InChI=1S/C12H15BrClNO3S/c1-2-3-4-5-15-12(16)9-6-10(13)8-11(7-9)19(14,17)18/h6-8H,2-5H2,1H3,(H,15,16). The third-order valence-electron chi connectivity index (χ3n) is 2.48. The summed E-state index contributed by atoms with van der Waals surface area (Å²) in [7, 11) is 1.42. The first-order valence-electron chi connectivity index (χ1n) is 5.88. The van der Waals surface area contributed by atoms with Crippen molar-refractivity contribution in [3.05, 3.63) is 28.2 Å². The lowest BCUT2D eigenvalue weighted by atomic mass is 10.2. The van der Waals surface area contributed by atoms with E-state index in [2.05, 4.69) is 28.2 Å². The van der Waals surface area contributed by atoms with Crippen LogP contribution in [0.25, 0.3) is 0 Å². The van der Waals surface area contributed by atoms with Crippen molar-refractivity contribution in [3.63, 3.8) is 0 Å². The van der Waals surface area contributed by atoms with Gasteiger partial charge in [0.1, 0.15) is 0 Å². The quantitative estimate of drug-likeness (QED) is 0.619. The summed E-state index contributed by atoms with van der Waals surface area (Å²) in [4.78, 5) is 11.8. The van der Waals surface area contributed by atoms with Crippen LogP contribution in [0.15, 0.2) is 27.6 Å². The molecule has 4 nitrogen and oxygen atoms in total. The van der Waals surface area contributed by atoms with Crippen LogP contribution in [0.4, 0.5) is 0 Å². The molecule has 0 aliphatic rings. The van der Waals surface area contributed by atoms with E-state index in [0.717, 1.165) is 19.3 Å². The van der Waals surface area contributed by atoms with Gasteiger partial charge in [-0.15, -0.1) is 0 Å². The van der Waals surface area contributed by atoms with Crippen molar-refractivity contribution in [3.8, 4) is 0 Å². The average Bonchev–Trinajstić information content (AvgIpc) is 2.32. The van der Waals surface area contributed by atoms with Crippen LogP contribution in [0, 0.1) is 0 Å². The van der Waals surface area contributed by atoms with Crippen molar-refractivity contribution in [1.29, 1.82) is 0 Å². The lowest BCUT2D eigenvalue weighted by Gasteiger charge is -2.06. The molecule has 1 aromatic carbocycles. The Morgan fingerprint density at radius 3 is 2.58 bits per heavy atom. The van der Waals surface area contributed by atoms with E-state index >= 15 is 0 Å². The molecule has 1 amide bonds. The second kappa shape index (κ2) is 7.26. The van der Waals surface area contributed by atoms with Crippen LogP contribution in [0.5, 0.6) is 0 Å². The SMILES string of the molecule is CCCCCNC(=O)c1cc(Br)cc(S(=O)(=O)Cl)c1. The maximum atomic E-state index is 11.9. The predicted molar refractivity (Wildman–Crippen MR) is 79.0 cm³/mol. The van der Waals surface area contributed by atoms with E-state index in [-0.39, 0.29) is 16.4 Å². The Morgan fingerprint density at radius 2 is 2.00 bits per heavy atom. The molecule has 1 aromatic rings.